The van der Waals surface area contributed by atoms with Crippen molar-refractivity contribution in [3.8, 4) is 0 Å². The molecule has 16 nitrogen and oxygen atoms in total. The molecule has 2 aromatic rings. The molecule has 4 N–H and O–H groups in total. The fourth-order valence-electron chi connectivity index (χ4n) is 5.32. The molecule has 0 aromatic carbocycles. The van der Waals surface area contributed by atoms with E-state index in [1.807, 2.05) is 27.7 Å². The molecule has 0 atom stereocenters. The number of anilines is 2. The summed E-state index contributed by atoms with van der Waals surface area (Å²) < 4.78 is 23.2. The number of carbonyl (C=O) groups excluding carboxylic acids is 4. The number of fused-ring (bicyclic) bond motifs is 2. The summed E-state index contributed by atoms with van der Waals surface area (Å²) in [5.41, 5.74) is 11.4. The highest BCUT2D eigenvalue weighted by atomic mass is 16.6. The van der Waals surface area contributed by atoms with Crippen LogP contribution in [0, 0.1) is 0 Å². The zero-order valence-corrected chi connectivity index (χ0v) is 28.9. The van der Waals surface area contributed by atoms with Crippen molar-refractivity contribution >= 4 is 36.0 Å². The van der Waals surface area contributed by atoms with E-state index in [0.29, 0.717) is 22.5 Å². The monoisotopic (exact) mass is 648 g/mol. The number of aromatic nitrogens is 4. The molecule has 0 saturated carbocycles. The maximum atomic E-state index is 12.5. The van der Waals surface area contributed by atoms with Crippen LogP contribution in [0.1, 0.15) is 106 Å². The summed E-state index contributed by atoms with van der Waals surface area (Å²) in [6, 6.07) is 0. The third-order valence-corrected chi connectivity index (χ3v) is 7.28. The van der Waals surface area contributed by atoms with Crippen LogP contribution in [0.25, 0.3) is 0 Å². The minimum absolute atomic E-state index is 0.215. The summed E-state index contributed by atoms with van der Waals surface area (Å²) in [7, 11) is 0. The van der Waals surface area contributed by atoms with E-state index in [0.717, 1.165) is 9.36 Å². The van der Waals surface area contributed by atoms with E-state index < -0.39 is 46.7 Å². The Morgan fingerprint density at radius 3 is 1.22 bits per heavy atom. The SMILES string of the molecule is CCOC(=O)n1nc(N)c2c1C(C)(C)N(C(=O)OC(C)(C)C)C2.CCOC(=O)n1nc(N)c2c1C(C)(C)N(C(=O)OC(C)(C)C)C2. The molecule has 2 amide bonds. The second kappa shape index (κ2) is 12.4. The van der Waals surface area contributed by atoms with Gasteiger partial charge in [-0.3, -0.25) is 9.80 Å². The van der Waals surface area contributed by atoms with Gasteiger partial charge in [0, 0.05) is 11.1 Å². The average Bonchev–Trinajstić information content (AvgIpc) is 3.57. The van der Waals surface area contributed by atoms with Gasteiger partial charge in [-0.2, -0.15) is 9.36 Å². The van der Waals surface area contributed by atoms with Gasteiger partial charge < -0.3 is 30.4 Å². The predicted molar refractivity (Wildman–Crippen MR) is 168 cm³/mol. The van der Waals surface area contributed by atoms with Crippen molar-refractivity contribution in [2.45, 2.75) is 118 Å². The predicted octanol–water partition coefficient (Wildman–Crippen LogP) is 4.91. The molecule has 16 heteroatoms. The fourth-order valence-corrected chi connectivity index (χ4v) is 5.32. The fraction of sp³-hybridized carbons (Fsp3) is 0.667. The third kappa shape index (κ3) is 6.99. The van der Waals surface area contributed by atoms with Crippen molar-refractivity contribution in [1.82, 2.24) is 29.4 Å². The summed E-state index contributed by atoms with van der Waals surface area (Å²) in [6.45, 7) is 22.4. The molecule has 0 radical (unpaired) electrons. The number of nitrogens with two attached hydrogens (primary N) is 2. The van der Waals surface area contributed by atoms with Crippen LogP contribution in [-0.2, 0) is 43.1 Å². The van der Waals surface area contributed by atoms with Gasteiger partial charge in [0.2, 0.25) is 0 Å². The summed E-state index contributed by atoms with van der Waals surface area (Å²) in [6.07, 6.45) is -2.15. The molecule has 0 fully saturated rings. The molecule has 0 spiro atoms. The van der Waals surface area contributed by atoms with Crippen molar-refractivity contribution in [2.75, 3.05) is 24.7 Å². The zero-order valence-electron chi connectivity index (χ0n) is 28.9. The Bertz CT molecular complexity index is 1400. The molecular formula is C30H48N8O8. The van der Waals surface area contributed by atoms with Gasteiger partial charge in [0.25, 0.3) is 0 Å². The highest BCUT2D eigenvalue weighted by Crippen LogP contribution is 2.43. The number of hydrogen-bond donors (Lipinski definition) is 2. The zero-order chi connectivity index (χ0) is 35.2. The van der Waals surface area contributed by atoms with Gasteiger partial charge in [-0.05, 0) is 83.1 Å². The minimum Gasteiger partial charge on any atom is -0.448 e. The van der Waals surface area contributed by atoms with Crippen molar-refractivity contribution in [3.63, 3.8) is 0 Å². The van der Waals surface area contributed by atoms with Crippen LogP contribution in [0.3, 0.4) is 0 Å². The van der Waals surface area contributed by atoms with Crippen LogP contribution in [0.4, 0.5) is 30.8 Å². The highest BCUT2D eigenvalue weighted by Gasteiger charge is 2.49. The van der Waals surface area contributed by atoms with Gasteiger partial charge in [-0.15, -0.1) is 10.2 Å². The second-order valence-electron chi connectivity index (χ2n) is 13.9. The lowest BCUT2D eigenvalue weighted by Crippen LogP contribution is -2.44. The Morgan fingerprint density at radius 2 is 0.957 bits per heavy atom. The van der Waals surface area contributed by atoms with Crippen LogP contribution >= 0.6 is 0 Å². The molecule has 0 unspecified atom stereocenters. The molecule has 4 heterocycles. The van der Waals surface area contributed by atoms with Crippen molar-refractivity contribution < 1.29 is 38.1 Å². The maximum absolute atomic E-state index is 12.5. The van der Waals surface area contributed by atoms with Gasteiger partial charge in [0.15, 0.2) is 11.6 Å². The molecule has 0 bridgehead atoms. The summed E-state index contributed by atoms with van der Waals surface area (Å²) in [5, 5.41) is 8.11. The first kappa shape index (κ1) is 36.0. The number of rotatable bonds is 2. The molecule has 2 aliphatic heterocycles. The Hall–Kier alpha value is -4.50. The van der Waals surface area contributed by atoms with Gasteiger partial charge in [-0.1, -0.05) is 0 Å². The first-order valence-electron chi connectivity index (χ1n) is 15.1. The average molecular weight is 649 g/mol. The molecular weight excluding hydrogens is 600 g/mol. The number of nitrogen functional groups attached to an aromatic ring is 2. The number of nitrogens with zero attached hydrogens (tertiary/aromatic N) is 6. The van der Waals surface area contributed by atoms with Gasteiger partial charge >= 0.3 is 24.4 Å². The maximum Gasteiger partial charge on any atom is 0.435 e. The van der Waals surface area contributed by atoms with Gasteiger partial charge in [0.1, 0.15) is 11.2 Å². The molecule has 0 aliphatic carbocycles. The number of ether oxygens (including phenoxy) is 4. The Kier molecular flexibility index (Phi) is 9.67. The molecule has 0 saturated heterocycles. The molecule has 4 rings (SSSR count). The molecule has 2 aromatic heterocycles. The van der Waals surface area contributed by atoms with E-state index in [9.17, 15) is 19.2 Å². The minimum atomic E-state index is -0.797. The summed E-state index contributed by atoms with van der Waals surface area (Å²) in [4.78, 5) is 52.2. The van der Waals surface area contributed by atoms with Crippen LogP contribution in [0.5, 0.6) is 0 Å². The second-order valence-corrected chi connectivity index (χ2v) is 13.9. The van der Waals surface area contributed by atoms with Crippen molar-refractivity contribution in [1.29, 1.82) is 0 Å². The van der Waals surface area contributed by atoms with E-state index in [4.69, 9.17) is 30.4 Å². The van der Waals surface area contributed by atoms with Gasteiger partial charge in [0.05, 0.1) is 48.8 Å². The van der Waals surface area contributed by atoms with Crippen LogP contribution in [0.2, 0.25) is 0 Å². The quantitative estimate of drug-likeness (QED) is 0.418. The van der Waals surface area contributed by atoms with Crippen LogP contribution < -0.4 is 11.5 Å². The van der Waals surface area contributed by atoms with Crippen molar-refractivity contribution in [3.05, 3.63) is 22.5 Å². The standard InChI is InChI=1S/2C15H24N4O4/c2*1-7-22-13(21)19-10-9(11(16)17-19)8-18(15(10,5)6)12(20)23-14(2,3)4/h2*7-8H2,1-6H3,(H2,16,17). The van der Waals surface area contributed by atoms with Gasteiger partial charge in [-0.25, -0.2) is 19.2 Å². The van der Waals surface area contributed by atoms with Crippen molar-refractivity contribution in [2.24, 2.45) is 0 Å². The highest BCUT2D eigenvalue weighted by molar-refractivity contribution is 5.77. The molecule has 2 aliphatic rings. The lowest BCUT2D eigenvalue weighted by molar-refractivity contribution is 0.00285. The molecule has 46 heavy (non-hydrogen) atoms. The molecule has 256 valence electrons. The number of carbonyl (C=O) groups is 4. The number of amides is 2. The topological polar surface area (TPSA) is 199 Å². The lowest BCUT2D eigenvalue weighted by atomic mass is 10.0. The first-order valence-corrected chi connectivity index (χ1v) is 15.1. The van der Waals surface area contributed by atoms with E-state index >= 15 is 0 Å². The van der Waals surface area contributed by atoms with E-state index in [2.05, 4.69) is 10.2 Å². The summed E-state index contributed by atoms with van der Waals surface area (Å²) >= 11 is 0. The number of hydrogen-bond acceptors (Lipinski definition) is 12. The normalized spacial score (nSPS) is 16.2. The first-order chi connectivity index (χ1) is 21.0. The Balaban J connectivity index is 0.000000250. The van der Waals surface area contributed by atoms with Crippen LogP contribution in [-0.4, -0.2) is 78.1 Å². The largest absolute Gasteiger partial charge is 0.448 e. The third-order valence-electron chi connectivity index (χ3n) is 7.28. The van der Waals surface area contributed by atoms with E-state index in [-0.39, 0.29) is 37.9 Å². The smallest absolute Gasteiger partial charge is 0.435 e. The van der Waals surface area contributed by atoms with E-state index in [1.54, 1.807) is 55.4 Å². The van der Waals surface area contributed by atoms with Crippen LogP contribution in [0.15, 0.2) is 0 Å². The lowest BCUT2D eigenvalue weighted by Gasteiger charge is -2.34. The summed E-state index contributed by atoms with van der Waals surface area (Å²) in [5.74, 6) is 0.430. The Morgan fingerprint density at radius 1 is 0.652 bits per heavy atom. The Labute approximate surface area is 269 Å². The van der Waals surface area contributed by atoms with E-state index in [1.165, 1.54) is 9.80 Å².